The first-order chi connectivity index (χ1) is 9.69. The highest BCUT2D eigenvalue weighted by atomic mass is 16.5. The minimum atomic E-state index is -0.339. The van der Waals surface area contributed by atoms with Crippen molar-refractivity contribution in [3.63, 3.8) is 0 Å². The second-order valence-electron chi connectivity index (χ2n) is 5.01. The molecular weight excluding hydrogens is 256 g/mol. The molecule has 0 spiro atoms. The molecule has 1 aliphatic rings. The maximum atomic E-state index is 12.3. The molecule has 2 rings (SSSR count). The lowest BCUT2D eigenvalue weighted by molar-refractivity contribution is 0.0388. The highest BCUT2D eigenvalue weighted by Gasteiger charge is 2.32. The summed E-state index contributed by atoms with van der Waals surface area (Å²) in [6.45, 7) is 4.25. The van der Waals surface area contributed by atoms with E-state index in [-0.39, 0.29) is 11.4 Å². The summed E-state index contributed by atoms with van der Waals surface area (Å²) in [5.41, 5.74) is 6.12. The van der Waals surface area contributed by atoms with Crippen LogP contribution in [0.5, 0.6) is 5.75 Å². The molecule has 1 fully saturated rings. The topological polar surface area (TPSA) is 73.6 Å². The van der Waals surface area contributed by atoms with Gasteiger partial charge >= 0.3 is 0 Å². The highest BCUT2D eigenvalue weighted by molar-refractivity contribution is 5.94. The van der Waals surface area contributed by atoms with Gasteiger partial charge in [0.05, 0.1) is 12.1 Å². The number of nitrogens with two attached hydrogens (primary N) is 1. The van der Waals surface area contributed by atoms with Gasteiger partial charge in [-0.15, -0.1) is 0 Å². The maximum absolute atomic E-state index is 12.3. The summed E-state index contributed by atoms with van der Waals surface area (Å²) in [5.74, 6) is 0.670. The number of hydrogen-bond donors (Lipinski definition) is 2. The van der Waals surface area contributed by atoms with Crippen LogP contribution in [0.1, 0.15) is 30.1 Å². The van der Waals surface area contributed by atoms with Crippen LogP contribution < -0.4 is 15.8 Å². The lowest BCUT2D eigenvalue weighted by atomic mass is 9.89. The summed E-state index contributed by atoms with van der Waals surface area (Å²) >= 11 is 0. The van der Waals surface area contributed by atoms with Crippen LogP contribution in [0.25, 0.3) is 0 Å². The van der Waals surface area contributed by atoms with Gasteiger partial charge in [-0.25, -0.2) is 0 Å². The van der Waals surface area contributed by atoms with Crippen LogP contribution in [0.15, 0.2) is 24.3 Å². The van der Waals surface area contributed by atoms with E-state index >= 15 is 0 Å². The Kier molecular flexibility index (Phi) is 4.98. The van der Waals surface area contributed by atoms with E-state index in [9.17, 15) is 4.79 Å². The molecule has 5 heteroatoms. The first-order valence-electron chi connectivity index (χ1n) is 7.02. The summed E-state index contributed by atoms with van der Waals surface area (Å²) in [5, 5.41) is 3.07. The van der Waals surface area contributed by atoms with Crippen LogP contribution in [-0.4, -0.2) is 37.8 Å². The van der Waals surface area contributed by atoms with Gasteiger partial charge in [0.2, 0.25) is 0 Å². The van der Waals surface area contributed by atoms with Crippen LogP contribution in [-0.2, 0) is 4.74 Å². The Bertz CT molecular complexity index is 439. The van der Waals surface area contributed by atoms with E-state index in [0.29, 0.717) is 31.9 Å². The zero-order valence-corrected chi connectivity index (χ0v) is 11.9. The number of carbonyl (C=O) groups excluding carboxylic acids is 1. The lowest BCUT2D eigenvalue weighted by Crippen LogP contribution is -2.56. The van der Waals surface area contributed by atoms with Crippen molar-refractivity contribution in [1.82, 2.24) is 5.32 Å². The van der Waals surface area contributed by atoms with Crippen molar-refractivity contribution in [2.45, 2.75) is 25.3 Å². The summed E-state index contributed by atoms with van der Waals surface area (Å²) in [6.07, 6.45) is 1.51. The van der Waals surface area contributed by atoms with Gasteiger partial charge in [-0.3, -0.25) is 4.79 Å². The van der Waals surface area contributed by atoms with Crippen LogP contribution in [0, 0.1) is 0 Å². The quantitative estimate of drug-likeness (QED) is 0.852. The van der Waals surface area contributed by atoms with Crippen LogP contribution in [0.4, 0.5) is 0 Å². The fraction of sp³-hybridized carbons (Fsp3) is 0.533. The molecule has 5 nitrogen and oxygen atoms in total. The van der Waals surface area contributed by atoms with Crippen molar-refractivity contribution in [2.75, 3.05) is 26.4 Å². The standard InChI is InChI=1S/C15H22N2O3/c1-2-20-13-5-3-12(4-6-13)14(18)17-15(11-16)7-9-19-10-8-15/h3-6H,2,7-11,16H2,1H3,(H,17,18). The van der Waals surface area contributed by atoms with E-state index in [1.165, 1.54) is 0 Å². The number of amides is 1. The Hall–Kier alpha value is -1.59. The largest absolute Gasteiger partial charge is 0.494 e. The van der Waals surface area contributed by atoms with Crippen molar-refractivity contribution >= 4 is 5.91 Å². The third-order valence-corrected chi connectivity index (χ3v) is 3.65. The van der Waals surface area contributed by atoms with Crippen molar-refractivity contribution in [3.05, 3.63) is 29.8 Å². The molecule has 1 aromatic carbocycles. The number of hydrogen-bond acceptors (Lipinski definition) is 4. The van der Waals surface area contributed by atoms with E-state index in [1.54, 1.807) is 24.3 Å². The molecule has 1 aliphatic heterocycles. The Morgan fingerprint density at radius 1 is 1.35 bits per heavy atom. The third kappa shape index (κ3) is 3.49. The number of benzene rings is 1. The van der Waals surface area contributed by atoms with Gasteiger partial charge in [0.15, 0.2) is 0 Å². The average molecular weight is 278 g/mol. The van der Waals surface area contributed by atoms with Gasteiger partial charge < -0.3 is 20.5 Å². The Morgan fingerprint density at radius 2 is 2.00 bits per heavy atom. The Labute approximate surface area is 119 Å². The molecule has 110 valence electrons. The Balaban J connectivity index is 2.03. The molecule has 0 unspecified atom stereocenters. The van der Waals surface area contributed by atoms with E-state index in [4.69, 9.17) is 15.2 Å². The molecular formula is C15H22N2O3. The minimum Gasteiger partial charge on any atom is -0.494 e. The molecule has 1 saturated heterocycles. The molecule has 1 heterocycles. The molecule has 0 radical (unpaired) electrons. The maximum Gasteiger partial charge on any atom is 0.251 e. The second-order valence-corrected chi connectivity index (χ2v) is 5.01. The Morgan fingerprint density at radius 3 is 2.55 bits per heavy atom. The zero-order valence-electron chi connectivity index (χ0n) is 11.9. The predicted octanol–water partition coefficient (Wildman–Crippen LogP) is 1.32. The fourth-order valence-electron chi connectivity index (χ4n) is 2.32. The minimum absolute atomic E-state index is 0.0969. The van der Waals surface area contributed by atoms with E-state index in [1.807, 2.05) is 6.92 Å². The normalized spacial score (nSPS) is 17.5. The molecule has 0 bridgehead atoms. The van der Waals surface area contributed by atoms with Gasteiger partial charge in [0.1, 0.15) is 5.75 Å². The molecule has 3 N–H and O–H groups in total. The smallest absolute Gasteiger partial charge is 0.251 e. The van der Waals surface area contributed by atoms with Crippen molar-refractivity contribution in [1.29, 1.82) is 0 Å². The van der Waals surface area contributed by atoms with Crippen LogP contribution in [0.2, 0.25) is 0 Å². The molecule has 1 amide bonds. The van der Waals surface area contributed by atoms with E-state index in [2.05, 4.69) is 5.32 Å². The lowest BCUT2D eigenvalue weighted by Gasteiger charge is -2.36. The highest BCUT2D eigenvalue weighted by Crippen LogP contribution is 2.20. The van der Waals surface area contributed by atoms with Gasteiger partial charge in [-0.05, 0) is 44.0 Å². The molecule has 0 aliphatic carbocycles. The number of rotatable bonds is 5. The predicted molar refractivity (Wildman–Crippen MR) is 76.9 cm³/mol. The van der Waals surface area contributed by atoms with Gasteiger partial charge in [0.25, 0.3) is 5.91 Å². The molecule has 20 heavy (non-hydrogen) atoms. The molecule has 0 atom stereocenters. The average Bonchev–Trinajstić information content (AvgIpc) is 2.49. The van der Waals surface area contributed by atoms with Crippen LogP contribution >= 0.6 is 0 Å². The van der Waals surface area contributed by atoms with Crippen molar-refractivity contribution in [3.8, 4) is 5.75 Å². The number of ether oxygens (including phenoxy) is 2. The second kappa shape index (κ2) is 6.72. The summed E-state index contributed by atoms with van der Waals surface area (Å²) < 4.78 is 10.7. The fourth-order valence-corrected chi connectivity index (χ4v) is 2.32. The van der Waals surface area contributed by atoms with E-state index in [0.717, 1.165) is 18.6 Å². The third-order valence-electron chi connectivity index (χ3n) is 3.65. The number of carbonyl (C=O) groups is 1. The summed E-state index contributed by atoms with van der Waals surface area (Å²) in [4.78, 5) is 12.3. The number of nitrogens with one attached hydrogen (secondary N) is 1. The molecule has 0 saturated carbocycles. The van der Waals surface area contributed by atoms with Crippen LogP contribution in [0.3, 0.4) is 0 Å². The molecule has 0 aromatic heterocycles. The first-order valence-corrected chi connectivity index (χ1v) is 7.02. The van der Waals surface area contributed by atoms with Crippen molar-refractivity contribution in [2.24, 2.45) is 5.73 Å². The summed E-state index contributed by atoms with van der Waals surface area (Å²) in [7, 11) is 0. The SMILES string of the molecule is CCOc1ccc(C(=O)NC2(CN)CCOCC2)cc1. The molecule has 1 aromatic rings. The van der Waals surface area contributed by atoms with Gasteiger partial charge in [-0.2, -0.15) is 0 Å². The monoisotopic (exact) mass is 278 g/mol. The zero-order chi connectivity index (χ0) is 14.4. The summed E-state index contributed by atoms with van der Waals surface area (Å²) in [6, 6.07) is 7.14. The van der Waals surface area contributed by atoms with Crippen molar-refractivity contribution < 1.29 is 14.3 Å². The first kappa shape index (κ1) is 14.8. The van der Waals surface area contributed by atoms with E-state index < -0.39 is 0 Å². The van der Waals surface area contributed by atoms with Gasteiger partial charge in [0, 0.05) is 25.3 Å². The van der Waals surface area contributed by atoms with Gasteiger partial charge in [-0.1, -0.05) is 0 Å².